The Labute approximate surface area is 148 Å². The van der Waals surface area contributed by atoms with Crippen molar-refractivity contribution in [2.45, 2.75) is 17.8 Å². The van der Waals surface area contributed by atoms with Crippen LogP contribution in [0, 0.1) is 5.82 Å². The van der Waals surface area contributed by atoms with Crippen LogP contribution in [0.5, 0.6) is 5.75 Å². The lowest BCUT2D eigenvalue weighted by molar-refractivity contribution is 0.101. The van der Waals surface area contributed by atoms with E-state index in [0.29, 0.717) is 27.9 Å². The van der Waals surface area contributed by atoms with Gasteiger partial charge in [-0.15, -0.1) is 10.2 Å². The molecule has 0 bridgehead atoms. The molecule has 0 aliphatic rings. The minimum absolute atomic E-state index is 0.0107. The van der Waals surface area contributed by atoms with Crippen LogP contribution in [0.1, 0.15) is 22.8 Å². The van der Waals surface area contributed by atoms with E-state index in [2.05, 4.69) is 10.2 Å². The number of methoxy groups -OCH3 is 1. The topological polar surface area (TPSA) is 57.0 Å². The Hall–Kier alpha value is -2.67. The fourth-order valence-corrected chi connectivity index (χ4v) is 3.29. The second-order valence-corrected chi connectivity index (χ2v) is 6.25. The van der Waals surface area contributed by atoms with E-state index < -0.39 is 0 Å². The number of para-hydroxylation sites is 1. The number of thioether (sulfide) groups is 1. The highest BCUT2D eigenvalue weighted by Gasteiger charge is 2.13. The summed E-state index contributed by atoms with van der Waals surface area (Å²) in [5.74, 6) is 0.843. The minimum atomic E-state index is -0.347. The maximum atomic E-state index is 14.0. The molecule has 0 atom stereocenters. The van der Waals surface area contributed by atoms with Gasteiger partial charge in [0.2, 0.25) is 0 Å². The zero-order valence-electron chi connectivity index (χ0n) is 13.8. The number of hydrogen-bond acceptors (Lipinski definition) is 5. The molecule has 3 aromatic rings. The number of nitrogens with zero attached hydrogens (tertiary/aromatic N) is 3. The standard InChI is InChI=1S/C18H16FN3O2S/c1-12(23)13-7-8-17(24-2)14(9-13)10-25-18-21-20-11-22(18)16-6-4-3-5-15(16)19/h3-9,11H,10H2,1-2H3. The van der Waals surface area contributed by atoms with Gasteiger partial charge in [-0.2, -0.15) is 0 Å². The normalized spacial score (nSPS) is 10.7. The lowest BCUT2D eigenvalue weighted by Gasteiger charge is -2.10. The number of ketones is 1. The molecule has 0 saturated heterocycles. The molecule has 3 rings (SSSR count). The van der Waals surface area contributed by atoms with Gasteiger partial charge in [0.05, 0.1) is 12.8 Å². The van der Waals surface area contributed by atoms with E-state index in [4.69, 9.17) is 4.74 Å². The van der Waals surface area contributed by atoms with Crippen LogP contribution in [-0.4, -0.2) is 27.7 Å². The van der Waals surface area contributed by atoms with E-state index in [-0.39, 0.29) is 11.6 Å². The van der Waals surface area contributed by atoms with E-state index in [1.165, 1.54) is 31.1 Å². The molecule has 1 heterocycles. The van der Waals surface area contributed by atoms with Crippen molar-refractivity contribution in [3.63, 3.8) is 0 Å². The number of benzene rings is 2. The number of halogens is 1. The van der Waals surface area contributed by atoms with E-state index in [9.17, 15) is 9.18 Å². The Kier molecular flexibility index (Phi) is 5.14. The second kappa shape index (κ2) is 7.48. The van der Waals surface area contributed by atoms with Gasteiger partial charge >= 0.3 is 0 Å². The molecule has 0 radical (unpaired) electrons. The van der Waals surface area contributed by atoms with E-state index >= 15 is 0 Å². The molecule has 0 N–H and O–H groups in total. The Balaban J connectivity index is 1.86. The largest absolute Gasteiger partial charge is 0.496 e. The second-order valence-electron chi connectivity index (χ2n) is 5.31. The molecule has 0 aliphatic heterocycles. The highest BCUT2D eigenvalue weighted by Crippen LogP contribution is 2.29. The van der Waals surface area contributed by atoms with Crippen LogP contribution >= 0.6 is 11.8 Å². The monoisotopic (exact) mass is 357 g/mol. The lowest BCUT2D eigenvalue weighted by Crippen LogP contribution is -2.00. The molecule has 0 fully saturated rings. The summed E-state index contributed by atoms with van der Waals surface area (Å²) in [6.07, 6.45) is 1.48. The predicted molar refractivity (Wildman–Crippen MR) is 93.9 cm³/mol. The third-order valence-corrected chi connectivity index (χ3v) is 4.66. The summed E-state index contributed by atoms with van der Waals surface area (Å²) in [5.41, 5.74) is 1.87. The number of rotatable bonds is 6. The highest BCUT2D eigenvalue weighted by molar-refractivity contribution is 7.98. The maximum absolute atomic E-state index is 14.0. The average molecular weight is 357 g/mol. The number of aromatic nitrogens is 3. The van der Waals surface area contributed by atoms with Crippen LogP contribution in [0.4, 0.5) is 4.39 Å². The summed E-state index contributed by atoms with van der Waals surface area (Å²) in [6, 6.07) is 11.8. The SMILES string of the molecule is COc1ccc(C(C)=O)cc1CSc1nncn1-c1ccccc1F. The smallest absolute Gasteiger partial charge is 0.196 e. The van der Waals surface area contributed by atoms with E-state index in [1.807, 2.05) is 0 Å². The molecule has 0 aliphatic carbocycles. The first-order valence-corrected chi connectivity index (χ1v) is 8.54. The van der Waals surface area contributed by atoms with Crippen molar-refractivity contribution in [2.24, 2.45) is 0 Å². The lowest BCUT2D eigenvalue weighted by atomic mass is 10.1. The zero-order chi connectivity index (χ0) is 17.8. The molecule has 25 heavy (non-hydrogen) atoms. The van der Waals surface area contributed by atoms with Gasteiger partial charge in [-0.3, -0.25) is 9.36 Å². The summed E-state index contributed by atoms with van der Waals surface area (Å²) in [5, 5.41) is 8.50. The van der Waals surface area contributed by atoms with Crippen LogP contribution in [0.15, 0.2) is 53.9 Å². The molecule has 2 aromatic carbocycles. The molecule has 128 valence electrons. The Morgan fingerprint density at radius 2 is 2.08 bits per heavy atom. The number of carbonyl (C=O) groups excluding carboxylic acids is 1. The molecule has 7 heteroatoms. The zero-order valence-corrected chi connectivity index (χ0v) is 14.6. The maximum Gasteiger partial charge on any atom is 0.196 e. The van der Waals surface area contributed by atoms with E-state index in [0.717, 1.165) is 5.56 Å². The molecule has 5 nitrogen and oxygen atoms in total. The van der Waals surface area contributed by atoms with Crippen LogP contribution in [0.25, 0.3) is 5.69 Å². The van der Waals surface area contributed by atoms with Crippen molar-refractivity contribution in [1.29, 1.82) is 0 Å². The van der Waals surface area contributed by atoms with Gasteiger partial charge in [0.15, 0.2) is 10.9 Å². The summed E-state index contributed by atoms with van der Waals surface area (Å²) in [4.78, 5) is 11.6. The number of carbonyl (C=O) groups is 1. The van der Waals surface area contributed by atoms with Crippen molar-refractivity contribution in [3.8, 4) is 11.4 Å². The molecule has 1 aromatic heterocycles. The summed E-state index contributed by atoms with van der Waals surface area (Å²) in [6.45, 7) is 1.52. The van der Waals surface area contributed by atoms with E-state index in [1.54, 1.807) is 48.1 Å². The number of ether oxygens (including phenoxy) is 1. The fraction of sp³-hybridized carbons (Fsp3) is 0.167. The van der Waals surface area contributed by atoms with Gasteiger partial charge in [-0.05, 0) is 37.3 Å². The van der Waals surface area contributed by atoms with Gasteiger partial charge in [0, 0.05) is 16.9 Å². The van der Waals surface area contributed by atoms with Crippen LogP contribution in [0.2, 0.25) is 0 Å². The molecule has 0 spiro atoms. The number of hydrogen-bond donors (Lipinski definition) is 0. The Bertz CT molecular complexity index is 911. The van der Waals surface area contributed by atoms with Gasteiger partial charge in [0.25, 0.3) is 0 Å². The third kappa shape index (κ3) is 3.71. The van der Waals surface area contributed by atoms with Crippen molar-refractivity contribution in [3.05, 3.63) is 65.7 Å². The summed E-state index contributed by atoms with van der Waals surface area (Å²) < 4.78 is 21.0. The van der Waals surface area contributed by atoms with Crippen molar-refractivity contribution in [1.82, 2.24) is 14.8 Å². The quantitative estimate of drug-likeness (QED) is 0.494. The first kappa shape index (κ1) is 17.2. The molecule has 0 amide bonds. The Morgan fingerprint density at radius 3 is 2.80 bits per heavy atom. The van der Waals surface area contributed by atoms with Crippen molar-refractivity contribution in [2.75, 3.05) is 7.11 Å². The van der Waals surface area contributed by atoms with Gasteiger partial charge < -0.3 is 4.74 Å². The Morgan fingerprint density at radius 1 is 1.28 bits per heavy atom. The third-order valence-electron chi connectivity index (χ3n) is 3.67. The predicted octanol–water partition coefficient (Wildman–Crippen LogP) is 3.91. The van der Waals surface area contributed by atoms with Crippen LogP contribution in [-0.2, 0) is 5.75 Å². The highest BCUT2D eigenvalue weighted by atomic mass is 32.2. The molecular formula is C18H16FN3O2S. The molecule has 0 unspecified atom stereocenters. The van der Waals surface area contributed by atoms with Crippen molar-refractivity contribution < 1.29 is 13.9 Å². The van der Waals surface area contributed by atoms with Crippen molar-refractivity contribution >= 4 is 17.5 Å². The van der Waals surface area contributed by atoms with Gasteiger partial charge in [-0.25, -0.2) is 4.39 Å². The first-order valence-electron chi connectivity index (χ1n) is 7.55. The molecule has 0 saturated carbocycles. The molecular weight excluding hydrogens is 341 g/mol. The summed E-state index contributed by atoms with van der Waals surface area (Å²) in [7, 11) is 1.58. The number of Topliss-reactive ketones (excluding diaryl/α,β-unsaturated/α-hetero) is 1. The van der Waals surface area contributed by atoms with Crippen LogP contribution in [0.3, 0.4) is 0 Å². The van der Waals surface area contributed by atoms with Gasteiger partial charge in [0.1, 0.15) is 17.9 Å². The summed E-state index contributed by atoms with van der Waals surface area (Å²) >= 11 is 1.39. The fourth-order valence-electron chi connectivity index (χ4n) is 2.39. The first-order chi connectivity index (χ1) is 12.1. The minimum Gasteiger partial charge on any atom is -0.496 e. The van der Waals surface area contributed by atoms with Crippen LogP contribution < -0.4 is 4.74 Å². The van der Waals surface area contributed by atoms with Gasteiger partial charge in [-0.1, -0.05) is 23.9 Å². The average Bonchev–Trinajstić information content (AvgIpc) is 3.08.